The molecular formula is C9H11NO4S. The van der Waals surface area contributed by atoms with Gasteiger partial charge in [0.1, 0.15) is 0 Å². The molecule has 2 amide bonds. The number of ketones is 1. The van der Waals surface area contributed by atoms with Crippen molar-refractivity contribution in [3.8, 4) is 0 Å². The Bertz CT molecular complexity index is 295. The van der Waals surface area contributed by atoms with E-state index in [4.69, 9.17) is 4.74 Å². The second kappa shape index (κ2) is 4.32. The van der Waals surface area contributed by atoms with Gasteiger partial charge >= 0.3 is 0 Å². The molecule has 2 rings (SSSR count). The minimum atomic E-state index is -0.313. The summed E-state index contributed by atoms with van der Waals surface area (Å²) in [5.74, 6) is -0.321. The SMILES string of the molecule is O=C(CN1C(=O)CSC1=O)C1CCOC1. The summed E-state index contributed by atoms with van der Waals surface area (Å²) in [5, 5.41) is -0.313. The Kier molecular flexibility index (Phi) is 3.06. The minimum absolute atomic E-state index is 0.0725. The van der Waals surface area contributed by atoms with E-state index in [9.17, 15) is 14.4 Å². The molecule has 0 bridgehead atoms. The molecule has 6 heteroatoms. The van der Waals surface area contributed by atoms with Gasteiger partial charge in [-0.25, -0.2) is 0 Å². The fraction of sp³-hybridized carbons (Fsp3) is 0.667. The molecule has 0 spiro atoms. The summed E-state index contributed by atoms with van der Waals surface area (Å²) in [6.45, 7) is 0.925. The van der Waals surface area contributed by atoms with Crippen LogP contribution in [0, 0.1) is 5.92 Å². The second-order valence-corrected chi connectivity index (χ2v) is 4.49. The van der Waals surface area contributed by atoms with Crippen LogP contribution in [-0.2, 0) is 14.3 Å². The summed E-state index contributed by atoms with van der Waals surface area (Å²) < 4.78 is 5.08. The Morgan fingerprint density at radius 1 is 1.53 bits per heavy atom. The van der Waals surface area contributed by atoms with Crippen LogP contribution in [0.5, 0.6) is 0 Å². The number of hydrogen-bond donors (Lipinski definition) is 0. The fourth-order valence-corrected chi connectivity index (χ4v) is 2.33. The van der Waals surface area contributed by atoms with E-state index in [0.29, 0.717) is 19.6 Å². The Morgan fingerprint density at radius 3 is 2.87 bits per heavy atom. The molecule has 15 heavy (non-hydrogen) atoms. The summed E-state index contributed by atoms with van der Waals surface area (Å²) in [6.07, 6.45) is 0.697. The Morgan fingerprint density at radius 2 is 2.33 bits per heavy atom. The molecule has 2 aliphatic heterocycles. The van der Waals surface area contributed by atoms with Crippen molar-refractivity contribution >= 4 is 28.7 Å². The average Bonchev–Trinajstić information content (AvgIpc) is 2.82. The number of rotatable bonds is 3. The molecule has 82 valence electrons. The Labute approximate surface area is 91.1 Å². The molecule has 0 aromatic heterocycles. The molecule has 0 aromatic rings. The highest BCUT2D eigenvalue weighted by atomic mass is 32.2. The van der Waals surface area contributed by atoms with Crippen LogP contribution in [-0.4, -0.2) is 47.3 Å². The lowest BCUT2D eigenvalue weighted by Gasteiger charge is -2.13. The van der Waals surface area contributed by atoms with Gasteiger partial charge in [-0.15, -0.1) is 0 Å². The monoisotopic (exact) mass is 229 g/mol. The van der Waals surface area contributed by atoms with Crippen molar-refractivity contribution in [1.82, 2.24) is 4.90 Å². The Hall–Kier alpha value is -0.880. The third kappa shape index (κ3) is 2.21. The topological polar surface area (TPSA) is 63.7 Å². The van der Waals surface area contributed by atoms with Crippen molar-refractivity contribution in [1.29, 1.82) is 0 Å². The number of nitrogens with zero attached hydrogens (tertiary/aromatic N) is 1. The summed E-state index contributed by atoms with van der Waals surface area (Å²) in [7, 11) is 0. The summed E-state index contributed by atoms with van der Waals surface area (Å²) >= 11 is 0.952. The molecule has 0 N–H and O–H groups in total. The van der Waals surface area contributed by atoms with Crippen molar-refractivity contribution in [3.05, 3.63) is 0 Å². The number of thioether (sulfide) groups is 1. The molecule has 2 aliphatic rings. The fourth-order valence-electron chi connectivity index (χ4n) is 1.61. The maximum Gasteiger partial charge on any atom is 0.289 e. The van der Waals surface area contributed by atoms with E-state index in [1.807, 2.05) is 0 Å². The van der Waals surface area contributed by atoms with Crippen LogP contribution in [0.2, 0.25) is 0 Å². The molecule has 0 aromatic carbocycles. The van der Waals surface area contributed by atoms with E-state index >= 15 is 0 Å². The molecule has 0 radical (unpaired) electrons. The van der Waals surface area contributed by atoms with Crippen LogP contribution >= 0.6 is 11.8 Å². The van der Waals surface area contributed by atoms with Crippen LogP contribution in [0.4, 0.5) is 4.79 Å². The van der Waals surface area contributed by atoms with E-state index in [2.05, 4.69) is 0 Å². The normalized spacial score (nSPS) is 26.4. The van der Waals surface area contributed by atoms with Crippen molar-refractivity contribution in [2.75, 3.05) is 25.5 Å². The first kappa shape index (κ1) is 10.6. The van der Waals surface area contributed by atoms with Crippen LogP contribution in [0.3, 0.4) is 0 Å². The van der Waals surface area contributed by atoms with Gasteiger partial charge in [-0.2, -0.15) is 0 Å². The van der Waals surface area contributed by atoms with Crippen molar-refractivity contribution in [3.63, 3.8) is 0 Å². The van der Waals surface area contributed by atoms with Crippen molar-refractivity contribution in [2.45, 2.75) is 6.42 Å². The van der Waals surface area contributed by atoms with E-state index < -0.39 is 0 Å². The minimum Gasteiger partial charge on any atom is -0.381 e. The first-order valence-corrected chi connectivity index (χ1v) is 5.74. The van der Waals surface area contributed by atoms with Crippen LogP contribution < -0.4 is 0 Å². The lowest BCUT2D eigenvalue weighted by molar-refractivity contribution is -0.131. The number of carbonyl (C=O) groups is 3. The van der Waals surface area contributed by atoms with Gasteiger partial charge in [0.05, 0.1) is 18.9 Å². The highest BCUT2D eigenvalue weighted by Crippen LogP contribution is 2.20. The smallest absolute Gasteiger partial charge is 0.289 e. The van der Waals surface area contributed by atoms with Gasteiger partial charge in [0.15, 0.2) is 5.78 Å². The standard InChI is InChI=1S/C9H11NO4S/c11-7(6-1-2-14-4-6)3-10-8(12)5-15-9(10)13/h6H,1-5H2. The van der Waals surface area contributed by atoms with Gasteiger partial charge in [-0.3, -0.25) is 19.3 Å². The van der Waals surface area contributed by atoms with Crippen LogP contribution in [0.1, 0.15) is 6.42 Å². The lowest BCUT2D eigenvalue weighted by Crippen LogP contribution is -2.36. The number of imide groups is 1. The molecule has 0 saturated carbocycles. The van der Waals surface area contributed by atoms with Crippen LogP contribution in [0.25, 0.3) is 0 Å². The summed E-state index contributed by atoms with van der Waals surface area (Å²) in [4.78, 5) is 35.1. The molecule has 1 atom stereocenters. The molecule has 2 heterocycles. The van der Waals surface area contributed by atoms with Gasteiger partial charge < -0.3 is 4.74 Å². The number of ether oxygens (including phenoxy) is 1. The van der Waals surface area contributed by atoms with Crippen LogP contribution in [0.15, 0.2) is 0 Å². The highest BCUT2D eigenvalue weighted by Gasteiger charge is 2.34. The molecule has 2 saturated heterocycles. The number of amides is 2. The molecule has 1 unspecified atom stereocenters. The number of Topliss-reactive ketones (excluding diaryl/α,β-unsaturated/α-hetero) is 1. The van der Waals surface area contributed by atoms with Gasteiger partial charge in [0, 0.05) is 12.5 Å². The molecular weight excluding hydrogens is 218 g/mol. The maximum absolute atomic E-state index is 11.7. The maximum atomic E-state index is 11.7. The quantitative estimate of drug-likeness (QED) is 0.696. The predicted molar refractivity (Wildman–Crippen MR) is 53.5 cm³/mol. The largest absolute Gasteiger partial charge is 0.381 e. The zero-order chi connectivity index (χ0) is 10.8. The average molecular weight is 229 g/mol. The van der Waals surface area contributed by atoms with E-state index in [1.165, 1.54) is 0 Å². The van der Waals surface area contributed by atoms with Gasteiger partial charge in [-0.1, -0.05) is 11.8 Å². The Balaban J connectivity index is 1.93. The highest BCUT2D eigenvalue weighted by molar-refractivity contribution is 8.14. The van der Waals surface area contributed by atoms with Gasteiger partial charge in [0.2, 0.25) is 5.91 Å². The van der Waals surface area contributed by atoms with E-state index in [1.54, 1.807) is 0 Å². The zero-order valence-electron chi connectivity index (χ0n) is 8.10. The third-order valence-corrected chi connectivity index (χ3v) is 3.40. The molecule has 0 aliphatic carbocycles. The first-order chi connectivity index (χ1) is 7.18. The van der Waals surface area contributed by atoms with Gasteiger partial charge in [-0.05, 0) is 6.42 Å². The first-order valence-electron chi connectivity index (χ1n) is 4.76. The van der Waals surface area contributed by atoms with E-state index in [0.717, 1.165) is 16.7 Å². The summed E-state index contributed by atoms with van der Waals surface area (Å²) in [6, 6.07) is 0. The predicted octanol–water partition coefficient (Wildman–Crippen LogP) is 0.287. The third-order valence-electron chi connectivity index (χ3n) is 2.54. The summed E-state index contributed by atoms with van der Waals surface area (Å²) in [5.41, 5.74) is 0. The van der Waals surface area contributed by atoms with E-state index in [-0.39, 0.29) is 35.1 Å². The lowest BCUT2D eigenvalue weighted by atomic mass is 10.0. The molecule has 5 nitrogen and oxygen atoms in total. The molecule has 2 fully saturated rings. The van der Waals surface area contributed by atoms with Crippen molar-refractivity contribution in [2.24, 2.45) is 5.92 Å². The number of hydrogen-bond acceptors (Lipinski definition) is 5. The second-order valence-electron chi connectivity index (χ2n) is 3.56. The van der Waals surface area contributed by atoms with Crippen molar-refractivity contribution < 1.29 is 19.1 Å². The van der Waals surface area contributed by atoms with Gasteiger partial charge in [0.25, 0.3) is 5.24 Å². The zero-order valence-corrected chi connectivity index (χ0v) is 8.92. The number of carbonyl (C=O) groups excluding carboxylic acids is 3.